The number of nitrogens with one attached hydrogen (secondary N) is 1. The molecule has 0 aliphatic carbocycles. The average molecular weight is 285 g/mol. The van der Waals surface area contributed by atoms with Crippen LogP contribution in [0.1, 0.15) is 5.69 Å². The van der Waals surface area contributed by atoms with Crippen molar-refractivity contribution >= 4 is 22.7 Å². The van der Waals surface area contributed by atoms with Crippen LogP contribution in [0.5, 0.6) is 0 Å². The molecule has 0 unspecified atom stereocenters. The summed E-state index contributed by atoms with van der Waals surface area (Å²) in [6.45, 7) is 1.53. The summed E-state index contributed by atoms with van der Waals surface area (Å²) < 4.78 is 1.54. The number of benzene rings is 1. The zero-order chi connectivity index (χ0) is 15.0. The monoisotopic (exact) mass is 285 g/mol. The second kappa shape index (κ2) is 4.80. The Hall–Kier alpha value is -3.07. The van der Waals surface area contributed by atoms with Crippen molar-refractivity contribution in [3.63, 3.8) is 0 Å². The van der Waals surface area contributed by atoms with Crippen LogP contribution in [0.2, 0.25) is 0 Å². The summed E-state index contributed by atoms with van der Waals surface area (Å²) in [7, 11) is 0. The molecule has 0 fully saturated rings. The Morgan fingerprint density at radius 1 is 1.33 bits per heavy atom. The Labute approximate surface area is 118 Å². The van der Waals surface area contributed by atoms with E-state index in [0.717, 1.165) is 0 Å². The van der Waals surface area contributed by atoms with Gasteiger partial charge in [0, 0.05) is 0 Å². The lowest BCUT2D eigenvalue weighted by Crippen LogP contribution is -2.14. The fourth-order valence-corrected chi connectivity index (χ4v) is 2.13. The third-order valence-electron chi connectivity index (χ3n) is 3.03. The number of aromatic nitrogens is 4. The molecule has 0 bridgehead atoms. The molecule has 0 atom stereocenters. The number of nitrogens with zero attached hydrogens (tertiary/aromatic N) is 5. The molecular formula is C12H11N7O2. The minimum atomic E-state index is -0.514. The van der Waals surface area contributed by atoms with Crippen molar-refractivity contribution < 1.29 is 4.92 Å². The predicted molar refractivity (Wildman–Crippen MR) is 75.9 cm³/mol. The molecule has 106 valence electrons. The first-order valence-electron chi connectivity index (χ1n) is 6.04. The van der Waals surface area contributed by atoms with E-state index in [-0.39, 0.29) is 23.1 Å². The summed E-state index contributed by atoms with van der Waals surface area (Å²) in [6, 6.07) is 7.28. The molecule has 9 nitrogen and oxygen atoms in total. The van der Waals surface area contributed by atoms with Gasteiger partial charge < -0.3 is 0 Å². The van der Waals surface area contributed by atoms with Crippen molar-refractivity contribution in [2.24, 2.45) is 5.84 Å². The van der Waals surface area contributed by atoms with E-state index in [2.05, 4.69) is 20.4 Å². The fraction of sp³-hybridized carbons (Fsp3) is 0.0833. The molecule has 0 aliphatic rings. The van der Waals surface area contributed by atoms with Gasteiger partial charge in [-0.05, 0) is 19.1 Å². The summed E-state index contributed by atoms with van der Waals surface area (Å²) in [6.07, 6.45) is 1.49. The molecule has 0 saturated carbocycles. The molecule has 0 radical (unpaired) electrons. The summed E-state index contributed by atoms with van der Waals surface area (Å²) in [5, 5.41) is 11.3. The third kappa shape index (κ3) is 2.05. The van der Waals surface area contributed by atoms with Crippen molar-refractivity contribution in [2.75, 3.05) is 5.43 Å². The van der Waals surface area contributed by atoms with E-state index >= 15 is 0 Å². The van der Waals surface area contributed by atoms with Crippen LogP contribution in [0.4, 0.5) is 11.6 Å². The van der Waals surface area contributed by atoms with E-state index in [1.165, 1.54) is 13.3 Å². The number of rotatable bonds is 3. The number of nitrogens with two attached hydrogens (primary N) is 1. The number of hydrogen-bond acceptors (Lipinski definition) is 7. The van der Waals surface area contributed by atoms with E-state index < -0.39 is 4.92 Å². The van der Waals surface area contributed by atoms with Crippen molar-refractivity contribution in [1.82, 2.24) is 19.5 Å². The number of imidazole rings is 1. The van der Waals surface area contributed by atoms with Crippen LogP contribution in [0.15, 0.2) is 30.6 Å². The zero-order valence-electron chi connectivity index (χ0n) is 11.0. The first-order valence-corrected chi connectivity index (χ1v) is 6.04. The quantitative estimate of drug-likeness (QED) is 0.422. The number of fused-ring (bicyclic) bond motifs is 1. The minimum absolute atomic E-state index is 0.103. The van der Waals surface area contributed by atoms with Crippen molar-refractivity contribution in [1.29, 1.82) is 0 Å². The maximum atomic E-state index is 11.3. The van der Waals surface area contributed by atoms with Gasteiger partial charge in [0.1, 0.15) is 12.0 Å². The van der Waals surface area contributed by atoms with Crippen LogP contribution < -0.4 is 11.3 Å². The molecule has 3 N–H and O–H groups in total. The maximum absolute atomic E-state index is 11.3. The maximum Gasteiger partial charge on any atom is 0.333 e. The number of hydrogen-bond donors (Lipinski definition) is 2. The smallest absolute Gasteiger partial charge is 0.292 e. The van der Waals surface area contributed by atoms with Gasteiger partial charge in [-0.15, -0.1) is 0 Å². The van der Waals surface area contributed by atoms with Crippen molar-refractivity contribution in [2.45, 2.75) is 6.92 Å². The van der Waals surface area contributed by atoms with Gasteiger partial charge in [0.2, 0.25) is 11.8 Å². The number of anilines is 1. The first-order chi connectivity index (χ1) is 10.1. The van der Waals surface area contributed by atoms with Crippen LogP contribution in [0, 0.1) is 17.0 Å². The van der Waals surface area contributed by atoms with Gasteiger partial charge in [-0.25, -0.2) is 15.8 Å². The lowest BCUT2D eigenvalue weighted by molar-refractivity contribution is -0.385. The van der Waals surface area contributed by atoms with Crippen LogP contribution in [-0.2, 0) is 0 Å². The molecule has 2 heterocycles. The molecule has 0 amide bonds. The number of nitro groups is 1. The Balaban J connectivity index is 2.35. The van der Waals surface area contributed by atoms with E-state index in [9.17, 15) is 10.1 Å². The molecule has 0 saturated heterocycles. The molecule has 0 aliphatic heterocycles. The second-order valence-electron chi connectivity index (χ2n) is 4.31. The normalized spacial score (nSPS) is 10.8. The highest BCUT2D eigenvalue weighted by Gasteiger charge is 2.24. The van der Waals surface area contributed by atoms with Crippen LogP contribution in [0.3, 0.4) is 0 Å². The standard InChI is InChI=1S/C12H11N7O2/c1-7-10(19(20)21)11(16-12(15-7)17-13)18-6-14-8-4-2-3-5-9(8)18/h2-6H,13H2,1H3,(H,15,16,17). The molecule has 21 heavy (non-hydrogen) atoms. The van der Waals surface area contributed by atoms with E-state index in [4.69, 9.17) is 5.84 Å². The zero-order valence-corrected chi connectivity index (χ0v) is 11.0. The van der Waals surface area contributed by atoms with E-state index in [1.807, 2.05) is 18.2 Å². The van der Waals surface area contributed by atoms with E-state index in [0.29, 0.717) is 11.0 Å². The Bertz CT molecular complexity index is 843. The number of nitrogen functional groups attached to an aromatic ring is 1. The average Bonchev–Trinajstić information content (AvgIpc) is 2.89. The molecule has 0 spiro atoms. The van der Waals surface area contributed by atoms with Crippen LogP contribution in [-0.4, -0.2) is 24.4 Å². The highest BCUT2D eigenvalue weighted by atomic mass is 16.6. The molecule has 3 aromatic rings. The first kappa shape index (κ1) is 12.9. The number of hydrazine groups is 1. The minimum Gasteiger partial charge on any atom is -0.292 e. The van der Waals surface area contributed by atoms with Crippen LogP contribution >= 0.6 is 0 Å². The summed E-state index contributed by atoms with van der Waals surface area (Å²) in [5.41, 5.74) is 3.76. The lowest BCUT2D eigenvalue weighted by atomic mass is 10.3. The van der Waals surface area contributed by atoms with Crippen molar-refractivity contribution in [3.8, 4) is 5.82 Å². The summed E-state index contributed by atoms with van der Waals surface area (Å²) in [5.74, 6) is 5.53. The van der Waals surface area contributed by atoms with Gasteiger partial charge in [0.05, 0.1) is 16.0 Å². The van der Waals surface area contributed by atoms with Gasteiger partial charge in [-0.2, -0.15) is 4.98 Å². The largest absolute Gasteiger partial charge is 0.333 e. The predicted octanol–water partition coefficient (Wildman–Crippen LogP) is 1.32. The summed E-state index contributed by atoms with van der Waals surface area (Å²) in [4.78, 5) is 23.0. The molecule has 3 rings (SSSR count). The Morgan fingerprint density at radius 2 is 2.10 bits per heavy atom. The molecule has 9 heteroatoms. The van der Waals surface area contributed by atoms with Crippen LogP contribution in [0.25, 0.3) is 16.9 Å². The molecule has 1 aromatic carbocycles. The Morgan fingerprint density at radius 3 is 2.81 bits per heavy atom. The fourth-order valence-electron chi connectivity index (χ4n) is 2.13. The van der Waals surface area contributed by atoms with Gasteiger partial charge in [-0.3, -0.25) is 20.1 Å². The highest BCUT2D eigenvalue weighted by Crippen LogP contribution is 2.27. The van der Waals surface area contributed by atoms with Crippen molar-refractivity contribution in [3.05, 3.63) is 46.4 Å². The number of para-hydroxylation sites is 2. The lowest BCUT2D eigenvalue weighted by Gasteiger charge is -2.08. The number of aryl methyl sites for hydroxylation is 1. The second-order valence-corrected chi connectivity index (χ2v) is 4.31. The van der Waals surface area contributed by atoms with Gasteiger partial charge in [0.25, 0.3) is 0 Å². The third-order valence-corrected chi connectivity index (χ3v) is 3.03. The van der Waals surface area contributed by atoms with E-state index in [1.54, 1.807) is 10.6 Å². The summed E-state index contributed by atoms with van der Waals surface area (Å²) >= 11 is 0. The molecular weight excluding hydrogens is 274 g/mol. The highest BCUT2D eigenvalue weighted by molar-refractivity contribution is 5.78. The van der Waals surface area contributed by atoms with Gasteiger partial charge in [0.15, 0.2) is 0 Å². The Kier molecular flexibility index (Phi) is 2.95. The van der Waals surface area contributed by atoms with Gasteiger partial charge >= 0.3 is 5.69 Å². The topological polar surface area (TPSA) is 125 Å². The SMILES string of the molecule is Cc1nc(NN)nc(-n2cnc3ccccc32)c1[N+](=O)[O-]. The van der Waals surface area contributed by atoms with Gasteiger partial charge in [-0.1, -0.05) is 12.1 Å². The molecule has 2 aromatic heterocycles.